The van der Waals surface area contributed by atoms with Crippen molar-refractivity contribution in [1.82, 2.24) is 10.3 Å². The minimum atomic E-state index is 0.610. The zero-order valence-electron chi connectivity index (χ0n) is 8.45. The number of hydrogen-bond acceptors (Lipinski definition) is 4. The maximum Gasteiger partial charge on any atom is 0.131 e. The zero-order valence-corrected chi connectivity index (χ0v) is 8.45. The van der Waals surface area contributed by atoms with E-state index in [1.807, 2.05) is 13.0 Å². The SMILES string of the molecule is Cc1cc(N)nc(N2CCNCC2)c1. The van der Waals surface area contributed by atoms with Crippen LogP contribution in [0.4, 0.5) is 11.6 Å². The first-order valence-corrected chi connectivity index (χ1v) is 4.95. The van der Waals surface area contributed by atoms with Gasteiger partial charge in [0.25, 0.3) is 0 Å². The van der Waals surface area contributed by atoms with Gasteiger partial charge in [-0.1, -0.05) is 0 Å². The van der Waals surface area contributed by atoms with Crippen molar-refractivity contribution in [2.45, 2.75) is 6.92 Å². The van der Waals surface area contributed by atoms with E-state index in [9.17, 15) is 0 Å². The topological polar surface area (TPSA) is 54.2 Å². The van der Waals surface area contributed by atoms with E-state index in [1.54, 1.807) is 0 Å². The van der Waals surface area contributed by atoms with Gasteiger partial charge < -0.3 is 16.0 Å². The number of hydrogen-bond donors (Lipinski definition) is 2. The third-order valence-electron chi connectivity index (χ3n) is 2.42. The Hall–Kier alpha value is -1.29. The molecule has 0 saturated carbocycles. The van der Waals surface area contributed by atoms with E-state index in [-0.39, 0.29) is 0 Å². The summed E-state index contributed by atoms with van der Waals surface area (Å²) >= 11 is 0. The Morgan fingerprint density at radius 1 is 1.36 bits per heavy atom. The van der Waals surface area contributed by atoms with Gasteiger partial charge in [0.2, 0.25) is 0 Å². The average molecular weight is 192 g/mol. The van der Waals surface area contributed by atoms with Crippen LogP contribution in [0.2, 0.25) is 0 Å². The van der Waals surface area contributed by atoms with Crippen molar-refractivity contribution in [3.8, 4) is 0 Å². The molecule has 1 saturated heterocycles. The lowest BCUT2D eigenvalue weighted by Crippen LogP contribution is -2.43. The number of nitrogens with one attached hydrogen (secondary N) is 1. The predicted octanol–water partition coefficient (Wildman–Crippen LogP) is 0.382. The number of aromatic nitrogens is 1. The highest BCUT2D eigenvalue weighted by molar-refractivity contribution is 5.48. The molecule has 0 aromatic carbocycles. The van der Waals surface area contributed by atoms with Gasteiger partial charge in [-0.15, -0.1) is 0 Å². The normalized spacial score (nSPS) is 17.1. The van der Waals surface area contributed by atoms with E-state index >= 15 is 0 Å². The molecule has 0 atom stereocenters. The van der Waals surface area contributed by atoms with Crippen molar-refractivity contribution in [2.24, 2.45) is 0 Å². The summed E-state index contributed by atoms with van der Waals surface area (Å²) < 4.78 is 0. The van der Waals surface area contributed by atoms with E-state index in [1.165, 1.54) is 5.56 Å². The number of nitrogens with two attached hydrogens (primary N) is 1. The molecule has 0 radical (unpaired) electrons. The van der Waals surface area contributed by atoms with Gasteiger partial charge >= 0.3 is 0 Å². The van der Waals surface area contributed by atoms with Crippen molar-refractivity contribution in [1.29, 1.82) is 0 Å². The summed E-state index contributed by atoms with van der Waals surface area (Å²) in [4.78, 5) is 6.60. The number of nitrogen functional groups attached to an aromatic ring is 1. The van der Waals surface area contributed by atoms with Gasteiger partial charge in [-0.25, -0.2) is 4.98 Å². The molecule has 0 unspecified atom stereocenters. The van der Waals surface area contributed by atoms with Gasteiger partial charge in [-0.2, -0.15) is 0 Å². The summed E-state index contributed by atoms with van der Waals surface area (Å²) in [6.07, 6.45) is 0. The molecule has 0 spiro atoms. The number of pyridine rings is 1. The molecule has 1 aliphatic heterocycles. The van der Waals surface area contributed by atoms with E-state index in [0.29, 0.717) is 5.82 Å². The molecule has 14 heavy (non-hydrogen) atoms. The summed E-state index contributed by atoms with van der Waals surface area (Å²) in [5.41, 5.74) is 6.88. The van der Waals surface area contributed by atoms with Gasteiger partial charge in [0.15, 0.2) is 0 Å². The molecule has 1 aromatic rings. The summed E-state index contributed by atoms with van der Waals surface area (Å²) in [5.74, 6) is 1.61. The molecule has 1 aromatic heterocycles. The van der Waals surface area contributed by atoms with Crippen LogP contribution < -0.4 is 16.0 Å². The molecule has 4 heteroatoms. The second-order valence-corrected chi connectivity index (χ2v) is 3.66. The summed E-state index contributed by atoms with van der Waals surface area (Å²) in [7, 11) is 0. The second kappa shape index (κ2) is 3.84. The fourth-order valence-electron chi connectivity index (χ4n) is 1.73. The largest absolute Gasteiger partial charge is 0.384 e. The lowest BCUT2D eigenvalue weighted by molar-refractivity contribution is 0.585. The van der Waals surface area contributed by atoms with Crippen molar-refractivity contribution in [3.05, 3.63) is 17.7 Å². The highest BCUT2D eigenvalue weighted by atomic mass is 15.2. The lowest BCUT2D eigenvalue weighted by atomic mass is 10.2. The molecule has 0 bridgehead atoms. The van der Waals surface area contributed by atoms with E-state index < -0.39 is 0 Å². The van der Waals surface area contributed by atoms with Crippen molar-refractivity contribution in [3.63, 3.8) is 0 Å². The van der Waals surface area contributed by atoms with Crippen LogP contribution in [0.5, 0.6) is 0 Å². The maximum atomic E-state index is 5.71. The molecule has 1 aliphatic rings. The first-order valence-electron chi connectivity index (χ1n) is 4.95. The minimum absolute atomic E-state index is 0.610. The number of aryl methyl sites for hydroxylation is 1. The fraction of sp³-hybridized carbons (Fsp3) is 0.500. The van der Waals surface area contributed by atoms with E-state index in [2.05, 4.69) is 21.3 Å². The number of rotatable bonds is 1. The first kappa shape index (κ1) is 9.27. The van der Waals surface area contributed by atoms with Crippen LogP contribution in [0, 0.1) is 6.92 Å². The monoisotopic (exact) mass is 192 g/mol. The van der Waals surface area contributed by atoms with Crippen molar-refractivity contribution >= 4 is 11.6 Å². The summed E-state index contributed by atoms with van der Waals surface area (Å²) in [6, 6.07) is 3.98. The van der Waals surface area contributed by atoms with Gasteiger partial charge in [0, 0.05) is 26.2 Å². The molecule has 0 amide bonds. The smallest absolute Gasteiger partial charge is 0.131 e. The van der Waals surface area contributed by atoms with Crippen molar-refractivity contribution < 1.29 is 0 Å². The predicted molar refractivity (Wildman–Crippen MR) is 58.5 cm³/mol. The van der Waals surface area contributed by atoms with Crippen LogP contribution in [-0.2, 0) is 0 Å². The Bertz CT molecular complexity index is 298. The fourth-order valence-corrected chi connectivity index (χ4v) is 1.73. The highest BCUT2D eigenvalue weighted by Gasteiger charge is 2.11. The third-order valence-corrected chi connectivity index (χ3v) is 2.42. The minimum Gasteiger partial charge on any atom is -0.384 e. The zero-order chi connectivity index (χ0) is 9.97. The quantitative estimate of drug-likeness (QED) is 0.675. The van der Waals surface area contributed by atoms with Gasteiger partial charge in [-0.3, -0.25) is 0 Å². The molecule has 3 N–H and O–H groups in total. The third kappa shape index (κ3) is 1.96. The van der Waals surface area contributed by atoms with Gasteiger partial charge in [0.1, 0.15) is 11.6 Å². The maximum absolute atomic E-state index is 5.71. The molecule has 0 aliphatic carbocycles. The number of piperazine rings is 1. The number of nitrogens with zero attached hydrogens (tertiary/aromatic N) is 2. The molecule has 4 nitrogen and oxygen atoms in total. The number of anilines is 2. The Labute approximate surface area is 84.1 Å². The molecule has 2 rings (SSSR count). The average Bonchev–Trinajstić information content (AvgIpc) is 2.18. The molecular weight excluding hydrogens is 176 g/mol. The van der Waals surface area contributed by atoms with Gasteiger partial charge in [-0.05, 0) is 24.6 Å². The lowest BCUT2D eigenvalue weighted by Gasteiger charge is -2.28. The van der Waals surface area contributed by atoms with Crippen LogP contribution in [0.25, 0.3) is 0 Å². The van der Waals surface area contributed by atoms with Crippen LogP contribution in [0.15, 0.2) is 12.1 Å². The molecule has 1 fully saturated rings. The van der Waals surface area contributed by atoms with E-state index in [0.717, 1.165) is 32.0 Å². The Morgan fingerprint density at radius 3 is 2.71 bits per heavy atom. The standard InChI is InChI=1S/C10H16N4/c1-8-6-9(11)13-10(7-8)14-4-2-12-3-5-14/h6-7,12H,2-5H2,1H3,(H2,11,13). The van der Waals surface area contributed by atoms with Crippen molar-refractivity contribution in [2.75, 3.05) is 36.8 Å². The van der Waals surface area contributed by atoms with Gasteiger partial charge in [0.05, 0.1) is 0 Å². The summed E-state index contributed by atoms with van der Waals surface area (Å²) in [5, 5.41) is 3.31. The van der Waals surface area contributed by atoms with Crippen LogP contribution in [0.3, 0.4) is 0 Å². The highest BCUT2D eigenvalue weighted by Crippen LogP contribution is 2.15. The Morgan fingerprint density at radius 2 is 2.07 bits per heavy atom. The molecule has 76 valence electrons. The second-order valence-electron chi connectivity index (χ2n) is 3.66. The first-order chi connectivity index (χ1) is 6.75. The van der Waals surface area contributed by atoms with Crippen LogP contribution >= 0.6 is 0 Å². The molecular formula is C10H16N4. The Kier molecular flexibility index (Phi) is 2.54. The van der Waals surface area contributed by atoms with Crippen LogP contribution in [-0.4, -0.2) is 31.2 Å². The van der Waals surface area contributed by atoms with E-state index in [4.69, 9.17) is 5.73 Å². The molecule has 2 heterocycles. The van der Waals surface area contributed by atoms with Crippen LogP contribution in [0.1, 0.15) is 5.56 Å². The summed E-state index contributed by atoms with van der Waals surface area (Å²) in [6.45, 7) is 6.11. The Balaban J connectivity index is 2.21.